The molecule has 0 spiro atoms. The fourth-order valence-electron chi connectivity index (χ4n) is 1.04. The fraction of sp³-hybridized carbons (Fsp3) is 0.667. The fourth-order valence-corrected chi connectivity index (χ4v) is 1.04. The van der Waals surface area contributed by atoms with Gasteiger partial charge in [-0.05, 0) is 13.0 Å². The second-order valence-corrected chi connectivity index (χ2v) is 3.04. The molecule has 0 rings (SSSR count). The Balaban J connectivity index is -0.000000845. The maximum Gasteiger partial charge on any atom is 0.171 e. The molecule has 16 heavy (non-hydrogen) atoms. The van der Waals surface area contributed by atoms with Crippen molar-refractivity contribution >= 4 is 30.6 Å². The Morgan fingerprint density at radius 2 is 2.00 bits per heavy atom. The van der Waals surface area contributed by atoms with Gasteiger partial charge >= 0.3 is 0 Å². The molecule has 98 valence electrons. The minimum atomic E-state index is -2.07. The Bertz CT molecular complexity index is 216. The maximum absolute atomic E-state index is 11.4. The summed E-state index contributed by atoms with van der Waals surface area (Å²) >= 11 is 0. The van der Waals surface area contributed by atoms with Crippen LogP contribution in [0.1, 0.15) is 12.8 Å². The van der Waals surface area contributed by atoms with Crippen LogP contribution in [0.4, 0.5) is 0 Å². The van der Waals surface area contributed by atoms with E-state index in [0.29, 0.717) is 13.0 Å². The Labute approximate surface area is 107 Å². The van der Waals surface area contributed by atoms with E-state index < -0.39 is 24.1 Å². The molecule has 2 atom stereocenters. The number of ketones is 1. The zero-order chi connectivity index (χ0) is 11.2. The highest BCUT2D eigenvalue weighted by molar-refractivity contribution is 5.89. The summed E-state index contributed by atoms with van der Waals surface area (Å²) in [6.07, 6.45) is -0.124. The van der Waals surface area contributed by atoms with E-state index >= 15 is 0 Å². The zero-order valence-electron chi connectivity index (χ0n) is 8.83. The first-order valence-electron chi connectivity index (χ1n) is 4.41. The molecule has 0 aromatic heterocycles. The third-order valence-corrected chi connectivity index (χ3v) is 2.05. The van der Waals surface area contributed by atoms with Crippen molar-refractivity contribution < 1.29 is 20.1 Å². The summed E-state index contributed by atoms with van der Waals surface area (Å²) in [7, 11) is 0. The van der Waals surface area contributed by atoms with Gasteiger partial charge in [-0.3, -0.25) is 4.79 Å². The number of nitrogens with two attached hydrogens (primary N) is 1. The normalized spacial score (nSPS) is 15.0. The van der Waals surface area contributed by atoms with Crippen molar-refractivity contribution in [2.45, 2.75) is 24.5 Å². The van der Waals surface area contributed by atoms with Crippen LogP contribution in [0.15, 0.2) is 12.7 Å². The lowest BCUT2D eigenvalue weighted by Crippen LogP contribution is -2.49. The number of carbonyl (C=O) groups excluding carboxylic acids is 1. The first-order chi connectivity index (χ1) is 6.52. The van der Waals surface area contributed by atoms with Gasteiger partial charge in [-0.25, -0.2) is 0 Å². The molecule has 0 saturated heterocycles. The highest BCUT2D eigenvalue weighted by Gasteiger charge is 2.38. The minimum absolute atomic E-state index is 0. The minimum Gasteiger partial charge on any atom is -0.394 e. The Morgan fingerprint density at radius 3 is 2.31 bits per heavy atom. The zero-order valence-corrected chi connectivity index (χ0v) is 10.5. The van der Waals surface area contributed by atoms with Crippen molar-refractivity contribution in [1.29, 1.82) is 0 Å². The number of aliphatic hydroxyl groups is 3. The van der Waals surface area contributed by atoms with Gasteiger partial charge in [-0.2, -0.15) is 0 Å². The highest BCUT2D eigenvalue weighted by atomic mass is 35.5. The monoisotopic (exact) mass is 275 g/mol. The van der Waals surface area contributed by atoms with Crippen LogP contribution in [-0.4, -0.2) is 46.0 Å². The summed E-state index contributed by atoms with van der Waals surface area (Å²) in [6.45, 7) is 2.89. The number of aliphatic hydroxyl groups excluding tert-OH is 2. The molecule has 0 aliphatic rings. The second kappa shape index (κ2) is 10.0. The standard InChI is InChI=1S/C9H17NO4.2ClH/c1-2-9(14,8(13)6-11)7(12)4-3-5-10;;/h2,8,11,13-14H,1,3-6,10H2;2*1H. The van der Waals surface area contributed by atoms with Crippen molar-refractivity contribution in [2.24, 2.45) is 5.73 Å². The summed E-state index contributed by atoms with van der Waals surface area (Å²) in [5.74, 6) is -0.584. The predicted molar refractivity (Wildman–Crippen MR) is 66.0 cm³/mol. The molecule has 0 heterocycles. The summed E-state index contributed by atoms with van der Waals surface area (Å²) in [5.41, 5.74) is 3.13. The molecule has 7 heteroatoms. The molecule has 0 bridgehead atoms. The molecular weight excluding hydrogens is 257 g/mol. The first kappa shape index (κ1) is 21.1. The topological polar surface area (TPSA) is 104 Å². The van der Waals surface area contributed by atoms with Gasteiger partial charge in [-0.1, -0.05) is 12.7 Å². The number of rotatable bonds is 7. The number of halogens is 2. The second-order valence-electron chi connectivity index (χ2n) is 3.04. The first-order valence-corrected chi connectivity index (χ1v) is 4.41. The van der Waals surface area contributed by atoms with Crippen molar-refractivity contribution in [3.05, 3.63) is 12.7 Å². The quantitative estimate of drug-likeness (QED) is 0.465. The van der Waals surface area contributed by atoms with Crippen molar-refractivity contribution in [3.8, 4) is 0 Å². The summed E-state index contributed by atoms with van der Waals surface area (Å²) < 4.78 is 0. The lowest BCUT2D eigenvalue weighted by molar-refractivity contribution is -0.145. The van der Waals surface area contributed by atoms with Gasteiger partial charge in [0, 0.05) is 6.42 Å². The van der Waals surface area contributed by atoms with Crippen molar-refractivity contribution in [2.75, 3.05) is 13.2 Å². The van der Waals surface area contributed by atoms with E-state index in [9.17, 15) is 15.0 Å². The van der Waals surface area contributed by atoms with Crippen LogP contribution in [0, 0.1) is 0 Å². The van der Waals surface area contributed by atoms with E-state index in [0.717, 1.165) is 6.08 Å². The largest absolute Gasteiger partial charge is 0.394 e. The van der Waals surface area contributed by atoms with Gasteiger partial charge in [0.15, 0.2) is 11.4 Å². The molecule has 0 aromatic rings. The van der Waals surface area contributed by atoms with Crippen LogP contribution in [0.25, 0.3) is 0 Å². The smallest absolute Gasteiger partial charge is 0.171 e. The van der Waals surface area contributed by atoms with Crippen molar-refractivity contribution in [1.82, 2.24) is 0 Å². The molecular formula is C9H19Cl2NO4. The molecule has 0 aliphatic carbocycles. The molecule has 0 saturated carbocycles. The van der Waals surface area contributed by atoms with E-state index in [1.54, 1.807) is 0 Å². The third-order valence-electron chi connectivity index (χ3n) is 2.05. The van der Waals surface area contributed by atoms with Crippen LogP contribution >= 0.6 is 24.8 Å². The van der Waals surface area contributed by atoms with Crippen LogP contribution in [-0.2, 0) is 4.79 Å². The average Bonchev–Trinajstić information content (AvgIpc) is 2.23. The molecule has 5 nitrogen and oxygen atoms in total. The maximum atomic E-state index is 11.4. The molecule has 0 aromatic carbocycles. The molecule has 0 aliphatic heterocycles. The van der Waals surface area contributed by atoms with E-state index in [-0.39, 0.29) is 31.2 Å². The average molecular weight is 276 g/mol. The molecule has 0 amide bonds. The number of carbonyl (C=O) groups is 1. The van der Waals surface area contributed by atoms with Gasteiger partial charge in [0.2, 0.25) is 0 Å². The predicted octanol–water partition coefficient (Wildman–Crippen LogP) is -0.592. The van der Waals surface area contributed by atoms with E-state index in [1.807, 2.05) is 0 Å². The SMILES string of the molecule is C=CC(O)(C(=O)CCCN)C(O)CO.Cl.Cl. The third kappa shape index (κ3) is 5.25. The van der Waals surface area contributed by atoms with Crippen LogP contribution in [0.2, 0.25) is 0 Å². The van der Waals surface area contributed by atoms with Crippen molar-refractivity contribution in [3.63, 3.8) is 0 Å². The Kier molecular flexibility index (Phi) is 13.2. The van der Waals surface area contributed by atoms with E-state index in [1.165, 1.54) is 0 Å². The van der Waals surface area contributed by atoms with Gasteiger partial charge in [-0.15, -0.1) is 24.8 Å². The van der Waals surface area contributed by atoms with E-state index in [4.69, 9.17) is 10.8 Å². The lowest BCUT2D eigenvalue weighted by atomic mass is 9.89. The van der Waals surface area contributed by atoms with Gasteiger partial charge in [0.05, 0.1) is 6.61 Å². The highest BCUT2D eigenvalue weighted by Crippen LogP contribution is 2.16. The summed E-state index contributed by atoms with van der Waals surface area (Å²) in [5, 5.41) is 27.5. The lowest BCUT2D eigenvalue weighted by Gasteiger charge is -2.26. The van der Waals surface area contributed by atoms with Crippen LogP contribution < -0.4 is 5.73 Å². The number of hydrogen-bond acceptors (Lipinski definition) is 5. The van der Waals surface area contributed by atoms with Gasteiger partial charge < -0.3 is 21.1 Å². The Morgan fingerprint density at radius 1 is 1.50 bits per heavy atom. The number of hydrogen-bond donors (Lipinski definition) is 4. The van der Waals surface area contributed by atoms with Crippen LogP contribution in [0.5, 0.6) is 0 Å². The molecule has 0 radical (unpaired) electrons. The molecule has 2 unspecified atom stereocenters. The van der Waals surface area contributed by atoms with Crippen LogP contribution in [0.3, 0.4) is 0 Å². The number of Topliss-reactive ketones (excluding diaryl/α,β-unsaturated/α-hetero) is 1. The molecule has 0 fully saturated rings. The van der Waals surface area contributed by atoms with Gasteiger partial charge in [0.25, 0.3) is 0 Å². The van der Waals surface area contributed by atoms with E-state index in [2.05, 4.69) is 6.58 Å². The molecule has 5 N–H and O–H groups in total. The van der Waals surface area contributed by atoms with Gasteiger partial charge in [0.1, 0.15) is 6.10 Å². The Hall–Kier alpha value is -0.170. The summed E-state index contributed by atoms with van der Waals surface area (Å²) in [4.78, 5) is 11.4. The summed E-state index contributed by atoms with van der Waals surface area (Å²) in [6, 6.07) is 0.